The summed E-state index contributed by atoms with van der Waals surface area (Å²) in [5, 5.41) is 0.000000000000000222. The summed E-state index contributed by atoms with van der Waals surface area (Å²) < 4.78 is 0. The Morgan fingerprint density at radius 1 is 1.00 bits per heavy atom. The van der Waals surface area contributed by atoms with Gasteiger partial charge in [-0.2, -0.15) is 0 Å². The van der Waals surface area contributed by atoms with Gasteiger partial charge in [0, 0.05) is 0 Å². The van der Waals surface area contributed by atoms with Crippen LogP contribution in [-0.4, -0.2) is 5.11 Å². The molecule has 0 aliphatic heterocycles. The molecule has 10 heavy (non-hydrogen) atoms. The van der Waals surface area contributed by atoms with Crippen LogP contribution in [0.4, 0.5) is 0 Å². The summed E-state index contributed by atoms with van der Waals surface area (Å²) in [5.41, 5.74) is 9.24. The quantitative estimate of drug-likeness (QED) is 0.539. The highest BCUT2D eigenvalue weighted by Gasteiger charge is 1.53. The summed E-state index contributed by atoms with van der Waals surface area (Å²) in [6.45, 7) is 8.50. The molecule has 0 aromatic rings. The molecule has 0 saturated heterocycles. The van der Waals surface area contributed by atoms with Crippen LogP contribution in [0.2, 0.25) is 0 Å². The molecule has 0 aliphatic rings. The zero-order chi connectivity index (χ0) is 8.99. The maximum atomic E-state index is 4.62. The van der Waals surface area contributed by atoms with E-state index in [1.807, 2.05) is 0 Å². The average molecular weight is 164 g/mol. The van der Waals surface area contributed by atoms with E-state index in [0.29, 0.717) is 0 Å². The van der Waals surface area contributed by atoms with Gasteiger partial charge < -0.3 is 11.5 Å². The topological polar surface area (TPSA) is 52.0 Å². The van der Waals surface area contributed by atoms with Gasteiger partial charge in [0.15, 0.2) is 5.11 Å². The lowest BCUT2D eigenvalue weighted by atomic mass is 10.6. The lowest BCUT2D eigenvalue weighted by Crippen LogP contribution is -2.18. The molecule has 64 valence electrons. The lowest BCUT2D eigenvalue weighted by Gasteiger charge is -1.68. The number of hydrogen-bond acceptors (Lipinski definition) is 1. The van der Waals surface area contributed by atoms with Gasteiger partial charge in [0.2, 0.25) is 0 Å². The van der Waals surface area contributed by atoms with Crippen LogP contribution in [0.3, 0.4) is 0 Å². The molecule has 0 heterocycles. The molecular weight excluding hydrogens is 144 g/mol. The van der Waals surface area contributed by atoms with E-state index in [2.05, 4.69) is 51.4 Å². The van der Waals surface area contributed by atoms with Crippen molar-refractivity contribution in [3.05, 3.63) is 0 Å². The number of rotatable bonds is 0. The molecule has 4 N–H and O–H groups in total. The zero-order valence-corrected chi connectivity index (χ0v) is 8.29. The Labute approximate surface area is 70.0 Å². The molecule has 0 aliphatic carbocycles. The molecule has 0 aromatic carbocycles. The van der Waals surface area contributed by atoms with Gasteiger partial charge in [-0.25, -0.2) is 0 Å². The van der Waals surface area contributed by atoms with Crippen molar-refractivity contribution in [3.8, 4) is 0 Å². The third-order valence-corrected chi connectivity index (χ3v) is 0. The first-order valence-electron chi connectivity index (χ1n) is 3.61. The first-order valence-corrected chi connectivity index (χ1v) is 4.02. The molecule has 0 atom stereocenters. The summed E-state index contributed by atoms with van der Waals surface area (Å²) in [6.07, 6.45) is 2.50. The smallest absolute Gasteiger partial charge is 0.160 e. The van der Waals surface area contributed by atoms with Gasteiger partial charge >= 0.3 is 0 Å². The molecule has 3 heteroatoms. The predicted octanol–water partition coefficient (Wildman–Crippen LogP) is 2.02. The molecule has 0 rings (SSSR count). The van der Waals surface area contributed by atoms with Crippen LogP contribution in [-0.2, 0) is 0 Å². The van der Waals surface area contributed by atoms with Gasteiger partial charge in [-0.15, -0.1) is 0 Å². The minimum atomic E-state index is 0.000000000000000222. The fourth-order valence-electron chi connectivity index (χ4n) is 0. The van der Waals surface area contributed by atoms with Crippen LogP contribution >= 0.6 is 12.2 Å². The van der Waals surface area contributed by atoms with E-state index in [1.165, 1.54) is 12.8 Å². The molecule has 0 amide bonds. The molecule has 0 bridgehead atoms. The third-order valence-electron chi connectivity index (χ3n) is 0. The van der Waals surface area contributed by atoms with E-state index in [-0.39, 0.29) is 5.11 Å². The van der Waals surface area contributed by atoms with Crippen molar-refractivity contribution in [1.29, 1.82) is 0 Å². The highest BCUT2D eigenvalue weighted by molar-refractivity contribution is 7.80. The van der Waals surface area contributed by atoms with E-state index in [9.17, 15) is 0 Å². The second-order valence-corrected chi connectivity index (χ2v) is 2.29. The fraction of sp³-hybridized carbons (Fsp3) is 0.857. The average Bonchev–Trinajstić information content (AvgIpc) is 1.65. The third kappa shape index (κ3) is 3580. The Morgan fingerprint density at radius 3 is 1.00 bits per heavy atom. The number of thiocarbonyl (C=S) groups is 1. The largest absolute Gasteiger partial charge is 0.377 e. The molecule has 0 spiro atoms. The van der Waals surface area contributed by atoms with Crippen molar-refractivity contribution in [1.82, 2.24) is 0 Å². The minimum absolute atomic E-state index is 0.000000000000000222. The highest BCUT2D eigenvalue weighted by atomic mass is 32.1. The maximum absolute atomic E-state index is 4.62. The van der Waals surface area contributed by atoms with Crippen molar-refractivity contribution in [2.24, 2.45) is 11.5 Å². The van der Waals surface area contributed by atoms with Crippen molar-refractivity contribution < 1.29 is 0 Å². The molecule has 0 radical (unpaired) electrons. The minimum Gasteiger partial charge on any atom is -0.377 e. The first kappa shape index (κ1) is 16.3. The SMILES string of the molecule is CCC.CCC.NC(N)=S. The standard InChI is InChI=1S/2C3H8.CH4N2S/c2*1-3-2;2-1(3)4/h2*3H2,1-2H3;(H4,2,3,4). The molecule has 0 fully saturated rings. The molecule has 0 aromatic heterocycles. The van der Waals surface area contributed by atoms with E-state index >= 15 is 0 Å². The number of nitrogens with two attached hydrogens (primary N) is 2. The Morgan fingerprint density at radius 2 is 1.00 bits per heavy atom. The van der Waals surface area contributed by atoms with Crippen LogP contribution in [0.15, 0.2) is 0 Å². The van der Waals surface area contributed by atoms with Crippen LogP contribution in [0, 0.1) is 0 Å². The summed E-state index contributed by atoms with van der Waals surface area (Å²) in [6, 6.07) is 0. The van der Waals surface area contributed by atoms with Crippen molar-refractivity contribution in [3.63, 3.8) is 0 Å². The van der Waals surface area contributed by atoms with Gasteiger partial charge in [0.05, 0.1) is 0 Å². The molecule has 2 nitrogen and oxygen atoms in total. The van der Waals surface area contributed by atoms with Gasteiger partial charge in [-0.05, 0) is 12.2 Å². The lowest BCUT2D eigenvalue weighted by molar-refractivity contribution is 1.09. The van der Waals surface area contributed by atoms with Gasteiger partial charge in [-0.1, -0.05) is 40.5 Å². The van der Waals surface area contributed by atoms with Crippen molar-refractivity contribution in [2.45, 2.75) is 40.5 Å². The fourth-order valence-corrected chi connectivity index (χ4v) is 0. The number of hydrogen-bond donors (Lipinski definition) is 2. The molecule has 0 unspecified atom stereocenters. The summed E-state index contributed by atoms with van der Waals surface area (Å²) in [7, 11) is 0. The monoisotopic (exact) mass is 164 g/mol. The maximum Gasteiger partial charge on any atom is 0.160 e. The predicted molar refractivity (Wildman–Crippen MR) is 52.9 cm³/mol. The van der Waals surface area contributed by atoms with Gasteiger partial charge in [0.25, 0.3) is 0 Å². The van der Waals surface area contributed by atoms with Gasteiger partial charge in [-0.3, -0.25) is 0 Å². The second-order valence-electron chi connectivity index (χ2n) is 1.82. The van der Waals surface area contributed by atoms with Crippen molar-refractivity contribution in [2.75, 3.05) is 0 Å². The van der Waals surface area contributed by atoms with Crippen LogP contribution in [0.25, 0.3) is 0 Å². The second kappa shape index (κ2) is 23.4. The molecular formula is C7H20N2S. The van der Waals surface area contributed by atoms with E-state index in [0.717, 1.165) is 0 Å². The van der Waals surface area contributed by atoms with Crippen LogP contribution < -0.4 is 11.5 Å². The summed E-state index contributed by atoms with van der Waals surface area (Å²) in [5.74, 6) is 0. The van der Waals surface area contributed by atoms with Crippen molar-refractivity contribution >= 4 is 17.3 Å². The summed E-state index contributed by atoms with van der Waals surface area (Å²) >= 11 is 4.09. The first-order chi connectivity index (χ1) is 4.56. The molecule has 0 saturated carbocycles. The Bertz CT molecular complexity index is 49.6. The van der Waals surface area contributed by atoms with E-state index in [1.54, 1.807) is 0 Å². The highest BCUT2D eigenvalue weighted by Crippen LogP contribution is 1.56. The summed E-state index contributed by atoms with van der Waals surface area (Å²) in [4.78, 5) is 0. The van der Waals surface area contributed by atoms with E-state index in [4.69, 9.17) is 0 Å². The van der Waals surface area contributed by atoms with Gasteiger partial charge in [0.1, 0.15) is 0 Å². The Hall–Kier alpha value is -0.310. The Kier molecular flexibility index (Phi) is 38.2. The zero-order valence-electron chi connectivity index (χ0n) is 7.48. The Balaban J connectivity index is -0.0000000750. The van der Waals surface area contributed by atoms with E-state index < -0.39 is 0 Å². The van der Waals surface area contributed by atoms with Crippen LogP contribution in [0.1, 0.15) is 40.5 Å². The van der Waals surface area contributed by atoms with Crippen LogP contribution in [0.5, 0.6) is 0 Å². The normalized spacial score (nSPS) is 6.00.